The molecular formula is C24H31N3O3S. The number of hydrogen-bond donors (Lipinski definition) is 2. The predicted octanol–water partition coefficient (Wildman–Crippen LogP) is 4.53. The second-order valence-electron chi connectivity index (χ2n) is 9.74. The molecule has 2 aromatic rings. The van der Waals surface area contributed by atoms with Crippen molar-refractivity contribution in [1.29, 1.82) is 0 Å². The largest absolute Gasteiger partial charge is 0.467 e. The fourth-order valence-electron chi connectivity index (χ4n) is 6.40. The third kappa shape index (κ3) is 4.81. The van der Waals surface area contributed by atoms with E-state index in [4.69, 9.17) is 4.42 Å². The van der Waals surface area contributed by atoms with Gasteiger partial charge in [0, 0.05) is 23.4 Å². The SMILES string of the molecule is O=C(NCCC(=O)N(Cc1ccco1)Cc1cccs1)NC12CC3CC(CC(C3)C1)C2. The van der Waals surface area contributed by atoms with E-state index < -0.39 is 0 Å². The average molecular weight is 442 g/mol. The Morgan fingerprint density at radius 3 is 2.42 bits per heavy atom. The molecule has 0 aromatic carbocycles. The van der Waals surface area contributed by atoms with Crippen LogP contribution >= 0.6 is 11.3 Å². The summed E-state index contributed by atoms with van der Waals surface area (Å²) in [7, 11) is 0. The molecule has 2 aromatic heterocycles. The van der Waals surface area contributed by atoms with Crippen molar-refractivity contribution in [3.05, 3.63) is 46.5 Å². The van der Waals surface area contributed by atoms with E-state index in [0.717, 1.165) is 47.7 Å². The first-order chi connectivity index (χ1) is 15.1. The molecule has 0 atom stereocenters. The first-order valence-corrected chi connectivity index (χ1v) is 12.3. The number of thiophene rings is 1. The third-order valence-corrected chi connectivity index (χ3v) is 8.11. The highest BCUT2D eigenvalue weighted by Gasteiger charge is 2.51. The van der Waals surface area contributed by atoms with Gasteiger partial charge in [0.15, 0.2) is 0 Å². The Morgan fingerprint density at radius 1 is 1.06 bits per heavy atom. The minimum atomic E-state index is -0.120. The van der Waals surface area contributed by atoms with Crippen LogP contribution < -0.4 is 10.6 Å². The number of hydrogen-bond acceptors (Lipinski definition) is 4. The monoisotopic (exact) mass is 441 g/mol. The van der Waals surface area contributed by atoms with E-state index in [0.29, 0.717) is 19.6 Å². The average Bonchev–Trinajstić information content (AvgIpc) is 3.40. The van der Waals surface area contributed by atoms with E-state index >= 15 is 0 Å². The van der Waals surface area contributed by atoms with Crippen LogP contribution in [0.4, 0.5) is 4.79 Å². The zero-order valence-electron chi connectivity index (χ0n) is 17.8. The van der Waals surface area contributed by atoms with Crippen molar-refractivity contribution in [1.82, 2.24) is 15.5 Å². The smallest absolute Gasteiger partial charge is 0.315 e. The predicted molar refractivity (Wildman–Crippen MR) is 119 cm³/mol. The highest BCUT2D eigenvalue weighted by molar-refractivity contribution is 7.09. The van der Waals surface area contributed by atoms with Gasteiger partial charge >= 0.3 is 6.03 Å². The number of nitrogens with one attached hydrogen (secondary N) is 2. The van der Waals surface area contributed by atoms with Crippen LogP contribution in [-0.4, -0.2) is 28.9 Å². The maximum Gasteiger partial charge on any atom is 0.315 e. The summed E-state index contributed by atoms with van der Waals surface area (Å²) in [6.07, 6.45) is 9.35. The molecule has 6 nitrogen and oxygen atoms in total. The summed E-state index contributed by atoms with van der Waals surface area (Å²) in [5, 5.41) is 8.27. The van der Waals surface area contributed by atoms with Gasteiger partial charge in [-0.25, -0.2) is 4.79 Å². The van der Waals surface area contributed by atoms with Crippen molar-refractivity contribution in [2.75, 3.05) is 6.54 Å². The van der Waals surface area contributed by atoms with Crippen molar-refractivity contribution in [2.45, 2.75) is 63.6 Å². The first kappa shape index (κ1) is 20.6. The summed E-state index contributed by atoms with van der Waals surface area (Å²) in [6.45, 7) is 1.33. The number of urea groups is 1. The van der Waals surface area contributed by atoms with E-state index in [1.54, 1.807) is 22.5 Å². The Balaban J connectivity index is 1.12. The second-order valence-corrected chi connectivity index (χ2v) is 10.8. The van der Waals surface area contributed by atoms with Gasteiger partial charge in [-0.2, -0.15) is 0 Å². The lowest BCUT2D eigenvalue weighted by Crippen LogP contribution is -2.61. The summed E-state index contributed by atoms with van der Waals surface area (Å²) in [5.74, 6) is 3.15. The minimum absolute atomic E-state index is 0.00661. The van der Waals surface area contributed by atoms with E-state index in [1.807, 2.05) is 29.6 Å². The van der Waals surface area contributed by atoms with Gasteiger partial charge in [0.25, 0.3) is 0 Å². The molecule has 0 spiro atoms. The number of carbonyl (C=O) groups excluding carboxylic acids is 2. The van der Waals surface area contributed by atoms with Gasteiger partial charge in [-0.15, -0.1) is 11.3 Å². The number of rotatable bonds is 8. The summed E-state index contributed by atoms with van der Waals surface area (Å²) >= 11 is 1.64. The molecule has 0 aliphatic heterocycles. The number of carbonyl (C=O) groups is 2. The highest BCUT2D eigenvalue weighted by Crippen LogP contribution is 2.55. The van der Waals surface area contributed by atoms with Crippen molar-refractivity contribution in [3.63, 3.8) is 0 Å². The van der Waals surface area contributed by atoms with Gasteiger partial charge in [-0.05, 0) is 79.9 Å². The van der Waals surface area contributed by atoms with Crippen LogP contribution in [0.1, 0.15) is 55.6 Å². The van der Waals surface area contributed by atoms with Gasteiger partial charge in [0.2, 0.25) is 5.91 Å². The van der Waals surface area contributed by atoms with Crippen LogP contribution in [0.2, 0.25) is 0 Å². The van der Waals surface area contributed by atoms with Crippen molar-refractivity contribution in [2.24, 2.45) is 17.8 Å². The van der Waals surface area contributed by atoms with Crippen LogP contribution in [0.5, 0.6) is 0 Å². The van der Waals surface area contributed by atoms with Crippen LogP contribution in [0.15, 0.2) is 40.3 Å². The van der Waals surface area contributed by atoms with Crippen LogP contribution in [-0.2, 0) is 17.9 Å². The summed E-state index contributed by atoms with van der Waals surface area (Å²) in [6, 6.07) is 7.62. The third-order valence-electron chi connectivity index (χ3n) is 7.25. The molecule has 4 bridgehead atoms. The molecule has 0 radical (unpaired) electrons. The molecule has 0 unspecified atom stereocenters. The molecule has 3 amide bonds. The van der Waals surface area contributed by atoms with E-state index in [1.165, 1.54) is 19.3 Å². The van der Waals surface area contributed by atoms with Crippen molar-refractivity contribution >= 4 is 23.3 Å². The maximum absolute atomic E-state index is 12.9. The van der Waals surface area contributed by atoms with Crippen LogP contribution in [0.25, 0.3) is 0 Å². The Hall–Kier alpha value is -2.28. The zero-order chi connectivity index (χ0) is 21.3. The molecule has 166 valence electrons. The summed E-state index contributed by atoms with van der Waals surface area (Å²) in [4.78, 5) is 28.5. The number of furan rings is 1. The topological polar surface area (TPSA) is 74.6 Å². The second kappa shape index (κ2) is 8.69. The fraction of sp³-hybridized carbons (Fsp3) is 0.583. The normalized spacial score (nSPS) is 28.5. The molecule has 4 fully saturated rings. The lowest BCUT2D eigenvalue weighted by Gasteiger charge is -2.56. The first-order valence-electron chi connectivity index (χ1n) is 11.5. The van der Waals surface area contributed by atoms with Crippen molar-refractivity contribution < 1.29 is 14.0 Å². The van der Waals surface area contributed by atoms with Crippen LogP contribution in [0.3, 0.4) is 0 Å². The van der Waals surface area contributed by atoms with Crippen LogP contribution in [0, 0.1) is 17.8 Å². The van der Waals surface area contributed by atoms with Gasteiger partial charge in [0.05, 0.1) is 19.4 Å². The van der Waals surface area contributed by atoms with Gasteiger partial charge < -0.3 is 20.0 Å². The molecule has 6 rings (SSSR count). The molecule has 31 heavy (non-hydrogen) atoms. The molecule has 2 N–H and O–H groups in total. The Kier molecular flexibility index (Phi) is 5.78. The molecule has 7 heteroatoms. The maximum atomic E-state index is 12.9. The van der Waals surface area contributed by atoms with Gasteiger partial charge in [-0.1, -0.05) is 6.07 Å². The summed E-state index contributed by atoms with van der Waals surface area (Å²) in [5.41, 5.74) is -0.00661. The lowest BCUT2D eigenvalue weighted by atomic mass is 9.53. The number of nitrogens with zero attached hydrogens (tertiary/aromatic N) is 1. The Bertz CT molecular complexity index is 822. The number of amides is 3. The molecule has 4 aliphatic carbocycles. The van der Waals surface area contributed by atoms with E-state index in [9.17, 15) is 9.59 Å². The standard InChI is InChI=1S/C24H31N3O3S/c28-22(27(15-20-3-1-7-30-20)16-21-4-2-8-31-21)5-6-25-23(29)26-24-12-17-9-18(13-24)11-19(10-17)14-24/h1-4,7-8,17-19H,5-6,9-16H2,(H2,25,26,29). The molecular weight excluding hydrogens is 410 g/mol. The van der Waals surface area contributed by atoms with E-state index in [-0.39, 0.29) is 23.9 Å². The summed E-state index contributed by atoms with van der Waals surface area (Å²) < 4.78 is 5.44. The lowest BCUT2D eigenvalue weighted by molar-refractivity contribution is -0.132. The van der Waals surface area contributed by atoms with Gasteiger partial charge in [-0.3, -0.25) is 4.79 Å². The molecule has 2 heterocycles. The quantitative estimate of drug-likeness (QED) is 0.632. The Labute approximate surface area is 187 Å². The zero-order valence-corrected chi connectivity index (χ0v) is 18.7. The van der Waals surface area contributed by atoms with Crippen molar-refractivity contribution in [3.8, 4) is 0 Å². The minimum Gasteiger partial charge on any atom is -0.467 e. The molecule has 0 saturated heterocycles. The van der Waals surface area contributed by atoms with Gasteiger partial charge in [0.1, 0.15) is 5.76 Å². The highest BCUT2D eigenvalue weighted by atomic mass is 32.1. The fourth-order valence-corrected chi connectivity index (χ4v) is 7.12. The molecule has 4 saturated carbocycles. The van der Waals surface area contributed by atoms with E-state index in [2.05, 4.69) is 10.6 Å². The molecule has 4 aliphatic rings. The Morgan fingerprint density at radius 2 is 1.81 bits per heavy atom.